The number of hydrogen-bond donors (Lipinski definition) is 3. The highest BCUT2D eigenvalue weighted by molar-refractivity contribution is 7.15. The third kappa shape index (κ3) is 7.38. The van der Waals surface area contributed by atoms with Crippen molar-refractivity contribution in [2.24, 2.45) is 11.7 Å². The van der Waals surface area contributed by atoms with E-state index >= 15 is 0 Å². The van der Waals surface area contributed by atoms with E-state index in [0.717, 1.165) is 60.1 Å². The van der Waals surface area contributed by atoms with Gasteiger partial charge in [0.05, 0.1) is 23.5 Å². The minimum absolute atomic E-state index is 0.380. The summed E-state index contributed by atoms with van der Waals surface area (Å²) in [5.41, 5.74) is 9.01. The van der Waals surface area contributed by atoms with Crippen molar-refractivity contribution in [3.05, 3.63) is 50.8 Å². The van der Waals surface area contributed by atoms with Crippen LogP contribution in [0.4, 0.5) is 11.8 Å². The molecule has 8 heteroatoms. The zero-order valence-electron chi connectivity index (χ0n) is 21.1. The molecule has 1 aliphatic carbocycles. The number of thiophene rings is 1. The first-order valence-corrected chi connectivity index (χ1v) is 13.7. The maximum atomic E-state index is 5.93. The number of terminal acetylenes is 1. The van der Waals surface area contributed by atoms with E-state index in [9.17, 15) is 0 Å². The topological polar surface area (TPSA) is 88.8 Å². The predicted octanol–water partition coefficient (Wildman–Crippen LogP) is 6.19. The molecule has 1 fully saturated rings. The highest BCUT2D eigenvalue weighted by Crippen LogP contribution is 2.37. The Bertz CT molecular complexity index is 1140. The number of nitrogens with one attached hydrogen (secondary N) is 2. The molecule has 186 valence electrons. The lowest BCUT2D eigenvalue weighted by atomic mass is 10.1. The SMILES string of the molecule is C#CC.C/C=C\Cc1nc(-c2c(C)nc(NCc3cccs3)nc2NC2CCC(CN)C2)sc1C. The molecule has 1 aliphatic rings. The van der Waals surface area contributed by atoms with Gasteiger partial charge in [-0.25, -0.2) is 9.97 Å². The Labute approximate surface area is 217 Å². The van der Waals surface area contributed by atoms with Crippen molar-refractivity contribution in [3.8, 4) is 22.9 Å². The second-order valence-corrected chi connectivity index (χ2v) is 10.9. The van der Waals surface area contributed by atoms with Crippen LogP contribution in [0.25, 0.3) is 10.6 Å². The van der Waals surface area contributed by atoms with Gasteiger partial charge in [-0.15, -0.1) is 35.0 Å². The molecule has 3 heterocycles. The van der Waals surface area contributed by atoms with E-state index < -0.39 is 0 Å². The lowest BCUT2D eigenvalue weighted by Crippen LogP contribution is -2.20. The van der Waals surface area contributed by atoms with Crippen LogP contribution in [-0.2, 0) is 13.0 Å². The standard InChI is InChI=1S/C24H32N6S2.C3H4/c1-4-5-8-20-16(3)32-23(29-20)21-15(2)27-24(26-14-19-7-6-11-31-19)30-22(21)28-18-10-9-17(12-18)13-25;1-3-2/h4-7,11,17-18H,8-10,12-14,25H2,1-3H3,(H2,26,27,28,30);1H,2H3/b5-4-;. The molecule has 3 aromatic rings. The van der Waals surface area contributed by atoms with E-state index in [1.54, 1.807) is 29.6 Å². The molecule has 0 bridgehead atoms. The number of anilines is 2. The highest BCUT2D eigenvalue weighted by atomic mass is 32.1. The molecule has 0 spiro atoms. The molecule has 2 unspecified atom stereocenters. The molecule has 0 radical (unpaired) electrons. The zero-order valence-corrected chi connectivity index (χ0v) is 22.7. The second kappa shape index (κ2) is 13.4. The van der Waals surface area contributed by atoms with Gasteiger partial charge in [0, 0.05) is 22.2 Å². The number of aromatic nitrogens is 3. The third-order valence-corrected chi connectivity index (χ3v) is 7.87. The number of rotatable bonds is 9. The Hall–Kier alpha value is -2.73. The lowest BCUT2D eigenvalue weighted by Gasteiger charge is -2.18. The van der Waals surface area contributed by atoms with Crippen LogP contribution in [-0.4, -0.2) is 27.5 Å². The van der Waals surface area contributed by atoms with Gasteiger partial charge in [-0.2, -0.15) is 4.98 Å². The first-order chi connectivity index (χ1) is 17.0. The van der Waals surface area contributed by atoms with Gasteiger partial charge < -0.3 is 16.4 Å². The molecular formula is C27H36N6S2. The Morgan fingerprint density at radius 2 is 2.06 bits per heavy atom. The van der Waals surface area contributed by atoms with Crippen molar-refractivity contribution in [1.82, 2.24) is 15.0 Å². The highest BCUT2D eigenvalue weighted by Gasteiger charge is 2.26. The van der Waals surface area contributed by atoms with Crippen LogP contribution in [0.1, 0.15) is 54.3 Å². The van der Waals surface area contributed by atoms with Crippen LogP contribution >= 0.6 is 22.7 Å². The van der Waals surface area contributed by atoms with E-state index in [1.165, 1.54) is 16.2 Å². The summed E-state index contributed by atoms with van der Waals surface area (Å²) in [7, 11) is 0. The molecular weight excluding hydrogens is 472 g/mol. The van der Waals surface area contributed by atoms with Crippen LogP contribution in [0.2, 0.25) is 0 Å². The van der Waals surface area contributed by atoms with E-state index in [2.05, 4.69) is 66.5 Å². The van der Waals surface area contributed by atoms with E-state index in [-0.39, 0.29) is 0 Å². The first kappa shape index (κ1) is 26.9. The number of nitrogens with zero attached hydrogens (tertiary/aromatic N) is 3. The number of nitrogens with two attached hydrogens (primary N) is 1. The van der Waals surface area contributed by atoms with Crippen molar-refractivity contribution in [1.29, 1.82) is 0 Å². The zero-order chi connectivity index (χ0) is 25.2. The Morgan fingerprint density at radius 3 is 2.71 bits per heavy atom. The molecule has 3 aromatic heterocycles. The smallest absolute Gasteiger partial charge is 0.225 e. The van der Waals surface area contributed by atoms with Crippen LogP contribution < -0.4 is 16.4 Å². The van der Waals surface area contributed by atoms with Crippen molar-refractivity contribution in [2.75, 3.05) is 17.2 Å². The van der Waals surface area contributed by atoms with Gasteiger partial charge in [0.25, 0.3) is 0 Å². The largest absolute Gasteiger partial charge is 0.367 e. The van der Waals surface area contributed by atoms with Gasteiger partial charge >= 0.3 is 0 Å². The van der Waals surface area contributed by atoms with Gasteiger partial charge in [-0.1, -0.05) is 18.2 Å². The quantitative estimate of drug-likeness (QED) is 0.236. The maximum Gasteiger partial charge on any atom is 0.225 e. The van der Waals surface area contributed by atoms with Crippen LogP contribution in [0, 0.1) is 32.1 Å². The van der Waals surface area contributed by atoms with Gasteiger partial charge in [0.1, 0.15) is 10.8 Å². The Kier molecular flexibility index (Phi) is 10.3. The fraction of sp³-hybridized carbons (Fsp3) is 0.444. The van der Waals surface area contributed by atoms with Gasteiger partial charge in [0.15, 0.2) is 0 Å². The van der Waals surface area contributed by atoms with Gasteiger partial charge in [-0.3, -0.25) is 0 Å². The van der Waals surface area contributed by atoms with Crippen LogP contribution in [0.5, 0.6) is 0 Å². The summed E-state index contributed by atoms with van der Waals surface area (Å²) in [5.74, 6) is 4.36. The number of hydrogen-bond acceptors (Lipinski definition) is 8. The summed E-state index contributed by atoms with van der Waals surface area (Å²) < 4.78 is 0. The molecule has 0 amide bonds. The average molecular weight is 509 g/mol. The minimum Gasteiger partial charge on any atom is -0.367 e. The number of allylic oxidation sites excluding steroid dienone is 2. The van der Waals surface area contributed by atoms with E-state index in [4.69, 9.17) is 20.7 Å². The summed E-state index contributed by atoms with van der Waals surface area (Å²) in [4.78, 5) is 17.2. The lowest BCUT2D eigenvalue weighted by molar-refractivity contribution is 0.555. The summed E-state index contributed by atoms with van der Waals surface area (Å²) >= 11 is 3.45. The molecule has 6 nitrogen and oxygen atoms in total. The van der Waals surface area contributed by atoms with E-state index in [0.29, 0.717) is 17.9 Å². The van der Waals surface area contributed by atoms with Gasteiger partial charge in [-0.05, 0) is 70.9 Å². The maximum absolute atomic E-state index is 5.93. The number of thiazole rings is 1. The third-order valence-electron chi connectivity index (χ3n) is 5.96. The summed E-state index contributed by atoms with van der Waals surface area (Å²) in [5, 5.41) is 10.2. The molecule has 4 rings (SSSR count). The fourth-order valence-corrected chi connectivity index (χ4v) is 5.84. The van der Waals surface area contributed by atoms with Crippen LogP contribution in [0.3, 0.4) is 0 Å². The Morgan fingerprint density at radius 1 is 1.26 bits per heavy atom. The molecule has 0 aromatic carbocycles. The summed E-state index contributed by atoms with van der Waals surface area (Å²) in [6.45, 7) is 9.36. The van der Waals surface area contributed by atoms with Crippen molar-refractivity contribution >= 4 is 34.4 Å². The normalized spacial score (nSPS) is 17.1. The molecule has 0 saturated heterocycles. The monoisotopic (exact) mass is 508 g/mol. The van der Waals surface area contributed by atoms with E-state index in [1.807, 2.05) is 6.92 Å². The predicted molar refractivity (Wildman–Crippen MR) is 151 cm³/mol. The summed E-state index contributed by atoms with van der Waals surface area (Å²) in [6.07, 6.45) is 13.0. The molecule has 2 atom stereocenters. The van der Waals surface area contributed by atoms with Crippen molar-refractivity contribution in [2.45, 2.75) is 66.0 Å². The summed E-state index contributed by atoms with van der Waals surface area (Å²) in [6, 6.07) is 4.56. The minimum atomic E-state index is 0.380. The average Bonchev–Trinajstić information content (AvgIpc) is 3.58. The van der Waals surface area contributed by atoms with Crippen molar-refractivity contribution < 1.29 is 0 Å². The molecule has 35 heavy (non-hydrogen) atoms. The molecule has 1 saturated carbocycles. The Balaban J connectivity index is 0.00000108. The van der Waals surface area contributed by atoms with Crippen molar-refractivity contribution in [3.63, 3.8) is 0 Å². The molecule has 0 aliphatic heterocycles. The van der Waals surface area contributed by atoms with Gasteiger partial charge in [0.2, 0.25) is 5.95 Å². The fourth-order valence-electron chi connectivity index (χ4n) is 4.16. The number of aryl methyl sites for hydroxylation is 2. The second-order valence-electron chi connectivity index (χ2n) is 8.63. The van der Waals surface area contributed by atoms with Crippen LogP contribution in [0.15, 0.2) is 29.7 Å². The first-order valence-electron chi connectivity index (χ1n) is 12.1. The molecule has 4 N–H and O–H groups in total.